The Kier molecular flexibility index (Phi) is 1.87. The number of rotatable bonds is 1. The third kappa shape index (κ3) is 1.18. The van der Waals surface area contributed by atoms with Crippen LogP contribution in [-0.4, -0.2) is 19.7 Å². The van der Waals surface area contributed by atoms with E-state index in [1.54, 1.807) is 22.6 Å². The summed E-state index contributed by atoms with van der Waals surface area (Å²) in [6, 6.07) is 8.00. The Morgan fingerprint density at radius 3 is 2.88 bits per heavy atom. The first kappa shape index (κ1) is 9.23. The minimum absolute atomic E-state index is 0.197. The van der Waals surface area contributed by atoms with Crippen molar-refractivity contribution in [1.82, 2.24) is 14.6 Å². The van der Waals surface area contributed by atoms with Crippen molar-refractivity contribution < 1.29 is 9.50 Å². The van der Waals surface area contributed by atoms with Crippen LogP contribution >= 0.6 is 0 Å². The molecule has 0 aliphatic heterocycles. The fourth-order valence-electron chi connectivity index (χ4n) is 1.83. The summed E-state index contributed by atoms with van der Waals surface area (Å²) in [5.74, 6) is 0.165. The number of benzene rings is 1. The minimum atomic E-state index is -0.287. The summed E-state index contributed by atoms with van der Waals surface area (Å²) in [7, 11) is 0. The number of pyridine rings is 1. The molecule has 1 N–H and O–H groups in total. The average molecular weight is 217 g/mol. The summed E-state index contributed by atoms with van der Waals surface area (Å²) in [4.78, 5) is 0. The molecule has 0 unspecified atom stereocenters. The molecule has 0 spiro atoms. The van der Waals surface area contributed by atoms with E-state index >= 15 is 0 Å². The smallest absolute Gasteiger partial charge is 0.163 e. The van der Waals surface area contributed by atoms with Gasteiger partial charge in [0.1, 0.15) is 12.4 Å². The highest BCUT2D eigenvalue weighted by Crippen LogP contribution is 2.18. The monoisotopic (exact) mass is 217 g/mol. The zero-order valence-electron chi connectivity index (χ0n) is 8.26. The molecule has 5 heteroatoms. The van der Waals surface area contributed by atoms with Crippen LogP contribution in [0.1, 0.15) is 5.82 Å². The average Bonchev–Trinajstić information content (AvgIpc) is 2.71. The van der Waals surface area contributed by atoms with E-state index in [9.17, 15) is 4.39 Å². The summed E-state index contributed by atoms with van der Waals surface area (Å²) >= 11 is 0. The van der Waals surface area contributed by atoms with Gasteiger partial charge in [-0.2, -0.15) is 0 Å². The Balaban J connectivity index is 2.51. The number of aliphatic hydroxyl groups excluding tert-OH is 1. The Bertz CT molecular complexity index is 677. The van der Waals surface area contributed by atoms with E-state index in [0.29, 0.717) is 11.5 Å². The van der Waals surface area contributed by atoms with Gasteiger partial charge in [0.05, 0.1) is 5.52 Å². The van der Waals surface area contributed by atoms with Crippen molar-refractivity contribution in [2.75, 3.05) is 0 Å². The van der Waals surface area contributed by atoms with Crippen molar-refractivity contribution in [1.29, 1.82) is 0 Å². The van der Waals surface area contributed by atoms with Gasteiger partial charge in [-0.25, -0.2) is 4.39 Å². The van der Waals surface area contributed by atoms with Crippen LogP contribution < -0.4 is 0 Å². The second kappa shape index (κ2) is 3.24. The molecule has 80 valence electrons. The minimum Gasteiger partial charge on any atom is -0.388 e. The van der Waals surface area contributed by atoms with Gasteiger partial charge >= 0.3 is 0 Å². The molecular weight excluding hydrogens is 209 g/mol. The van der Waals surface area contributed by atoms with Crippen molar-refractivity contribution in [3.63, 3.8) is 0 Å². The molecule has 0 amide bonds. The standard InChI is InChI=1S/C11H8FN3O/c12-8-2-3-9-7(5-8)1-4-10-13-14-11(6-16)15(9)10/h1-5,16H,6H2. The van der Waals surface area contributed by atoms with Crippen molar-refractivity contribution in [3.8, 4) is 0 Å². The highest BCUT2D eigenvalue weighted by molar-refractivity contribution is 5.82. The lowest BCUT2D eigenvalue weighted by Crippen LogP contribution is -1.95. The van der Waals surface area contributed by atoms with E-state index in [-0.39, 0.29) is 12.4 Å². The van der Waals surface area contributed by atoms with Crippen molar-refractivity contribution in [3.05, 3.63) is 42.0 Å². The lowest BCUT2D eigenvalue weighted by atomic mass is 10.2. The summed E-state index contributed by atoms with van der Waals surface area (Å²) in [5.41, 5.74) is 1.43. The van der Waals surface area contributed by atoms with Crippen LogP contribution in [0.5, 0.6) is 0 Å². The SMILES string of the molecule is OCc1nnc2ccc3cc(F)ccc3n12. The molecule has 2 aromatic heterocycles. The molecule has 0 atom stereocenters. The third-order valence-electron chi connectivity index (χ3n) is 2.54. The molecule has 0 saturated carbocycles. The molecule has 2 heterocycles. The van der Waals surface area contributed by atoms with Crippen LogP contribution in [0.4, 0.5) is 4.39 Å². The first-order valence-corrected chi connectivity index (χ1v) is 4.83. The van der Waals surface area contributed by atoms with E-state index in [2.05, 4.69) is 10.2 Å². The second-order valence-corrected chi connectivity index (χ2v) is 3.50. The van der Waals surface area contributed by atoms with Crippen LogP contribution in [0, 0.1) is 5.82 Å². The summed E-state index contributed by atoms with van der Waals surface area (Å²) in [6.07, 6.45) is 0. The molecule has 0 radical (unpaired) electrons. The number of fused-ring (bicyclic) bond motifs is 3. The lowest BCUT2D eigenvalue weighted by Gasteiger charge is -2.03. The van der Waals surface area contributed by atoms with E-state index in [1.165, 1.54) is 12.1 Å². The summed E-state index contributed by atoms with van der Waals surface area (Å²) < 4.78 is 14.8. The van der Waals surface area contributed by atoms with Gasteiger partial charge in [0.15, 0.2) is 11.5 Å². The molecule has 0 bridgehead atoms. The van der Waals surface area contributed by atoms with Crippen LogP contribution in [0.15, 0.2) is 30.3 Å². The van der Waals surface area contributed by atoms with Gasteiger partial charge < -0.3 is 5.11 Å². The Labute approximate surface area is 90.0 Å². The molecule has 3 rings (SSSR count). The molecule has 0 saturated heterocycles. The van der Waals surface area contributed by atoms with Gasteiger partial charge in [0.25, 0.3) is 0 Å². The van der Waals surface area contributed by atoms with Gasteiger partial charge in [-0.05, 0) is 30.3 Å². The highest BCUT2D eigenvalue weighted by atomic mass is 19.1. The topological polar surface area (TPSA) is 50.4 Å². The van der Waals surface area contributed by atoms with Gasteiger partial charge in [-0.3, -0.25) is 4.40 Å². The van der Waals surface area contributed by atoms with Crippen LogP contribution in [-0.2, 0) is 6.61 Å². The van der Waals surface area contributed by atoms with E-state index in [4.69, 9.17) is 5.11 Å². The van der Waals surface area contributed by atoms with Crippen molar-refractivity contribution in [2.45, 2.75) is 6.61 Å². The number of aliphatic hydroxyl groups is 1. The van der Waals surface area contributed by atoms with Gasteiger partial charge in [0.2, 0.25) is 0 Å². The van der Waals surface area contributed by atoms with Crippen LogP contribution in [0.3, 0.4) is 0 Å². The van der Waals surface area contributed by atoms with Crippen molar-refractivity contribution >= 4 is 16.6 Å². The predicted octanol–water partition coefficient (Wildman–Crippen LogP) is 1.51. The fraction of sp³-hybridized carbons (Fsp3) is 0.0909. The fourth-order valence-corrected chi connectivity index (χ4v) is 1.83. The maximum absolute atomic E-state index is 13.1. The maximum Gasteiger partial charge on any atom is 0.163 e. The molecule has 4 nitrogen and oxygen atoms in total. The maximum atomic E-state index is 13.1. The zero-order chi connectivity index (χ0) is 11.1. The number of hydrogen-bond donors (Lipinski definition) is 1. The third-order valence-corrected chi connectivity index (χ3v) is 2.54. The zero-order valence-corrected chi connectivity index (χ0v) is 8.26. The van der Waals surface area contributed by atoms with Crippen LogP contribution in [0.2, 0.25) is 0 Å². The largest absolute Gasteiger partial charge is 0.388 e. The van der Waals surface area contributed by atoms with E-state index in [0.717, 1.165) is 10.9 Å². The molecule has 3 aromatic rings. The van der Waals surface area contributed by atoms with Gasteiger partial charge in [-0.1, -0.05) is 0 Å². The summed E-state index contributed by atoms with van der Waals surface area (Å²) in [6.45, 7) is -0.197. The quantitative estimate of drug-likeness (QED) is 0.672. The van der Waals surface area contributed by atoms with E-state index < -0.39 is 0 Å². The Morgan fingerprint density at radius 2 is 2.06 bits per heavy atom. The Hall–Kier alpha value is -2.01. The van der Waals surface area contributed by atoms with Crippen LogP contribution in [0.25, 0.3) is 16.6 Å². The summed E-state index contributed by atoms with van der Waals surface area (Å²) in [5, 5.41) is 17.7. The number of halogens is 1. The second-order valence-electron chi connectivity index (χ2n) is 3.50. The van der Waals surface area contributed by atoms with Crippen molar-refractivity contribution in [2.24, 2.45) is 0 Å². The number of nitrogens with zero attached hydrogens (tertiary/aromatic N) is 3. The van der Waals surface area contributed by atoms with Gasteiger partial charge in [0, 0.05) is 5.39 Å². The van der Waals surface area contributed by atoms with E-state index in [1.807, 2.05) is 0 Å². The molecule has 0 aliphatic rings. The molecule has 0 aliphatic carbocycles. The highest BCUT2D eigenvalue weighted by Gasteiger charge is 2.07. The van der Waals surface area contributed by atoms with Gasteiger partial charge in [-0.15, -0.1) is 10.2 Å². The molecule has 16 heavy (non-hydrogen) atoms. The first-order valence-electron chi connectivity index (χ1n) is 4.83. The number of hydrogen-bond acceptors (Lipinski definition) is 3. The first-order chi connectivity index (χ1) is 7.79. The Morgan fingerprint density at radius 1 is 1.19 bits per heavy atom. The number of aromatic nitrogens is 3. The molecule has 0 fully saturated rings. The lowest BCUT2D eigenvalue weighted by molar-refractivity contribution is 0.270. The normalized spacial score (nSPS) is 11.4. The predicted molar refractivity (Wildman–Crippen MR) is 56.4 cm³/mol. The molecular formula is C11H8FN3O. The molecule has 1 aromatic carbocycles.